The standard InChI is InChI=1S/C19H18O/c20-19(18-13-5-2-6-14(13)18)16-10-9-12-8-7-11-3-1-4-15(16)17(11)12/h1,3-4,9-10,13-14,18H,2,5-8H2. The topological polar surface area (TPSA) is 17.1 Å². The van der Waals surface area contributed by atoms with Gasteiger partial charge in [-0.1, -0.05) is 36.8 Å². The molecule has 3 aliphatic rings. The molecule has 2 atom stereocenters. The van der Waals surface area contributed by atoms with Crippen molar-refractivity contribution in [2.75, 3.05) is 0 Å². The van der Waals surface area contributed by atoms with Crippen LogP contribution < -0.4 is 0 Å². The van der Waals surface area contributed by atoms with E-state index in [0.717, 1.165) is 18.4 Å². The predicted octanol–water partition coefficient (Wildman–Crippen LogP) is 4.17. The van der Waals surface area contributed by atoms with Gasteiger partial charge in [-0.3, -0.25) is 4.79 Å². The number of ketones is 1. The molecule has 5 rings (SSSR count). The Kier molecular flexibility index (Phi) is 2.06. The van der Waals surface area contributed by atoms with Crippen LogP contribution in [0.3, 0.4) is 0 Å². The van der Waals surface area contributed by atoms with Gasteiger partial charge in [0, 0.05) is 11.5 Å². The Morgan fingerprint density at radius 1 is 0.950 bits per heavy atom. The minimum Gasteiger partial charge on any atom is -0.294 e. The number of carbonyl (C=O) groups is 1. The second-order valence-corrected chi connectivity index (χ2v) is 6.76. The largest absolute Gasteiger partial charge is 0.294 e. The van der Waals surface area contributed by atoms with Crippen LogP contribution in [0.4, 0.5) is 0 Å². The van der Waals surface area contributed by atoms with Crippen LogP contribution in [0.5, 0.6) is 0 Å². The summed E-state index contributed by atoms with van der Waals surface area (Å²) < 4.78 is 0. The second kappa shape index (κ2) is 3.72. The quantitative estimate of drug-likeness (QED) is 0.742. The molecule has 0 N–H and O–H groups in total. The molecular weight excluding hydrogens is 244 g/mol. The zero-order valence-electron chi connectivity index (χ0n) is 11.6. The van der Waals surface area contributed by atoms with E-state index in [0.29, 0.717) is 23.5 Å². The molecule has 2 aromatic carbocycles. The summed E-state index contributed by atoms with van der Waals surface area (Å²) in [7, 11) is 0. The number of hydrogen-bond donors (Lipinski definition) is 0. The second-order valence-electron chi connectivity index (χ2n) is 6.76. The molecule has 0 radical (unpaired) electrons. The third kappa shape index (κ3) is 1.31. The van der Waals surface area contributed by atoms with Gasteiger partial charge in [-0.05, 0) is 59.4 Å². The predicted molar refractivity (Wildman–Crippen MR) is 80.0 cm³/mol. The highest BCUT2D eigenvalue weighted by Gasteiger charge is 2.56. The third-order valence-electron chi connectivity index (χ3n) is 5.85. The first-order valence-corrected chi connectivity index (χ1v) is 7.92. The van der Waals surface area contributed by atoms with Crippen molar-refractivity contribution in [3.05, 3.63) is 47.0 Å². The molecule has 0 bridgehead atoms. The van der Waals surface area contributed by atoms with Gasteiger partial charge in [0.05, 0.1) is 0 Å². The van der Waals surface area contributed by atoms with Crippen LogP contribution in [0.2, 0.25) is 0 Å². The highest BCUT2D eigenvalue weighted by atomic mass is 16.1. The van der Waals surface area contributed by atoms with Crippen LogP contribution in [0.25, 0.3) is 10.8 Å². The van der Waals surface area contributed by atoms with Crippen molar-refractivity contribution in [3.63, 3.8) is 0 Å². The fourth-order valence-corrected chi connectivity index (χ4v) is 4.85. The van der Waals surface area contributed by atoms with E-state index < -0.39 is 0 Å². The first kappa shape index (κ1) is 11.1. The lowest BCUT2D eigenvalue weighted by Crippen LogP contribution is -2.07. The summed E-state index contributed by atoms with van der Waals surface area (Å²) in [4.78, 5) is 12.9. The summed E-state index contributed by atoms with van der Waals surface area (Å²) in [6.07, 6.45) is 6.17. The van der Waals surface area contributed by atoms with Crippen molar-refractivity contribution in [2.24, 2.45) is 17.8 Å². The summed E-state index contributed by atoms with van der Waals surface area (Å²) in [5.74, 6) is 2.20. The molecule has 20 heavy (non-hydrogen) atoms. The Hall–Kier alpha value is -1.63. The number of hydrogen-bond acceptors (Lipinski definition) is 1. The molecule has 2 unspecified atom stereocenters. The SMILES string of the molecule is O=C(c1ccc2c3c(cccc13)CC2)C1C2CCCC21. The molecule has 0 saturated heterocycles. The van der Waals surface area contributed by atoms with Gasteiger partial charge < -0.3 is 0 Å². The van der Waals surface area contributed by atoms with Crippen LogP contribution in [-0.4, -0.2) is 5.78 Å². The lowest BCUT2D eigenvalue weighted by Gasteiger charge is -2.09. The monoisotopic (exact) mass is 262 g/mol. The summed E-state index contributed by atoms with van der Waals surface area (Å²) in [5.41, 5.74) is 3.86. The van der Waals surface area contributed by atoms with E-state index in [-0.39, 0.29) is 0 Å². The average Bonchev–Trinajstić information content (AvgIpc) is 2.84. The fourth-order valence-electron chi connectivity index (χ4n) is 4.85. The maximum Gasteiger partial charge on any atom is 0.167 e. The lowest BCUT2D eigenvalue weighted by molar-refractivity contribution is 0.0953. The smallest absolute Gasteiger partial charge is 0.167 e. The van der Waals surface area contributed by atoms with Crippen molar-refractivity contribution in [1.82, 2.24) is 0 Å². The Balaban J connectivity index is 1.65. The molecule has 3 aliphatic carbocycles. The van der Waals surface area contributed by atoms with E-state index >= 15 is 0 Å². The Labute approximate surface area is 119 Å². The summed E-state index contributed by atoms with van der Waals surface area (Å²) in [6.45, 7) is 0. The molecule has 0 spiro atoms. The summed E-state index contributed by atoms with van der Waals surface area (Å²) in [6, 6.07) is 10.8. The van der Waals surface area contributed by atoms with Crippen LogP contribution in [0.15, 0.2) is 30.3 Å². The molecule has 2 saturated carbocycles. The highest BCUT2D eigenvalue weighted by Crippen LogP contribution is 2.58. The van der Waals surface area contributed by atoms with Crippen molar-refractivity contribution < 1.29 is 4.79 Å². The maximum absolute atomic E-state index is 12.9. The van der Waals surface area contributed by atoms with Gasteiger partial charge in [-0.25, -0.2) is 0 Å². The molecule has 0 aliphatic heterocycles. The summed E-state index contributed by atoms with van der Waals surface area (Å²) in [5, 5.41) is 2.59. The number of fused-ring (bicyclic) bond motifs is 1. The van der Waals surface area contributed by atoms with Crippen LogP contribution in [0, 0.1) is 17.8 Å². The first-order valence-electron chi connectivity index (χ1n) is 7.92. The molecule has 0 amide bonds. The van der Waals surface area contributed by atoms with Gasteiger partial charge in [0.25, 0.3) is 0 Å². The molecule has 2 aromatic rings. The fraction of sp³-hybridized carbons (Fsp3) is 0.421. The van der Waals surface area contributed by atoms with Crippen molar-refractivity contribution in [2.45, 2.75) is 32.1 Å². The zero-order valence-corrected chi connectivity index (χ0v) is 11.6. The molecular formula is C19H18O. The first-order chi connectivity index (χ1) is 9.84. The van der Waals surface area contributed by atoms with E-state index in [9.17, 15) is 4.79 Å². The molecule has 2 fully saturated rings. The molecule has 1 heteroatoms. The van der Waals surface area contributed by atoms with E-state index in [1.165, 1.54) is 41.2 Å². The minimum atomic E-state index is 0.349. The van der Waals surface area contributed by atoms with Gasteiger partial charge in [0.1, 0.15) is 0 Å². The highest BCUT2D eigenvalue weighted by molar-refractivity contribution is 6.12. The number of Topliss-reactive ketones (excluding diaryl/α,β-unsaturated/α-hetero) is 1. The number of rotatable bonds is 2. The van der Waals surface area contributed by atoms with E-state index in [4.69, 9.17) is 0 Å². The third-order valence-corrected chi connectivity index (χ3v) is 5.85. The average molecular weight is 262 g/mol. The number of carbonyl (C=O) groups excluding carboxylic acids is 1. The van der Waals surface area contributed by atoms with Crippen molar-refractivity contribution in [3.8, 4) is 0 Å². The van der Waals surface area contributed by atoms with E-state index in [2.05, 4.69) is 30.3 Å². The Morgan fingerprint density at radius 2 is 1.70 bits per heavy atom. The number of benzene rings is 2. The van der Waals surface area contributed by atoms with Gasteiger partial charge in [-0.2, -0.15) is 0 Å². The maximum atomic E-state index is 12.9. The van der Waals surface area contributed by atoms with Crippen LogP contribution in [0.1, 0.15) is 40.7 Å². The van der Waals surface area contributed by atoms with Gasteiger partial charge >= 0.3 is 0 Å². The van der Waals surface area contributed by atoms with Crippen molar-refractivity contribution >= 4 is 16.6 Å². The molecule has 0 aromatic heterocycles. The van der Waals surface area contributed by atoms with E-state index in [1.54, 1.807) is 0 Å². The van der Waals surface area contributed by atoms with Gasteiger partial charge in [0.15, 0.2) is 5.78 Å². The number of aryl methyl sites for hydroxylation is 2. The van der Waals surface area contributed by atoms with Crippen LogP contribution >= 0.6 is 0 Å². The molecule has 1 nitrogen and oxygen atoms in total. The Morgan fingerprint density at radius 3 is 2.50 bits per heavy atom. The molecule has 0 heterocycles. The minimum absolute atomic E-state index is 0.349. The lowest BCUT2D eigenvalue weighted by atomic mass is 9.94. The van der Waals surface area contributed by atoms with Crippen LogP contribution in [-0.2, 0) is 12.8 Å². The van der Waals surface area contributed by atoms with Gasteiger partial charge in [0.2, 0.25) is 0 Å². The van der Waals surface area contributed by atoms with Gasteiger partial charge in [-0.15, -0.1) is 0 Å². The molecule has 100 valence electrons. The van der Waals surface area contributed by atoms with E-state index in [1.807, 2.05) is 0 Å². The zero-order chi connectivity index (χ0) is 13.3. The van der Waals surface area contributed by atoms with Crippen molar-refractivity contribution in [1.29, 1.82) is 0 Å². The normalized spacial score (nSPS) is 29.7. The Bertz CT molecular complexity index is 723. The summed E-state index contributed by atoms with van der Waals surface area (Å²) >= 11 is 0.